The lowest BCUT2D eigenvalue weighted by molar-refractivity contribution is -0.117. The molecule has 0 aliphatic carbocycles. The number of rotatable bonds is 2. The largest absolute Gasteiger partial charge is 0.323 e. The summed E-state index contributed by atoms with van der Waals surface area (Å²) >= 11 is 6.94. The summed E-state index contributed by atoms with van der Waals surface area (Å²) in [5.41, 5.74) is 1.94. The first-order valence-electron chi connectivity index (χ1n) is 5.58. The Labute approximate surface area is 118 Å². The number of amides is 1. The fraction of sp³-hybridized carbons (Fsp3) is 0.417. The number of anilines is 1. The van der Waals surface area contributed by atoms with Crippen molar-refractivity contribution >= 4 is 43.5 Å². The lowest BCUT2D eigenvalue weighted by Crippen LogP contribution is -2.35. The van der Waals surface area contributed by atoms with E-state index in [1.165, 1.54) is 0 Å². The number of benzene rings is 1. The Bertz CT molecular complexity index is 419. The summed E-state index contributed by atoms with van der Waals surface area (Å²) in [7, 11) is 0. The van der Waals surface area contributed by atoms with E-state index in [2.05, 4.69) is 42.5 Å². The van der Waals surface area contributed by atoms with Gasteiger partial charge in [-0.25, -0.2) is 0 Å². The zero-order valence-electron chi connectivity index (χ0n) is 9.52. The molecule has 1 unspecified atom stereocenters. The van der Waals surface area contributed by atoms with E-state index >= 15 is 0 Å². The van der Waals surface area contributed by atoms with E-state index in [0.717, 1.165) is 39.6 Å². The molecular formula is C12H14Br2N2O. The normalized spacial score (nSPS) is 19.4. The molecule has 2 N–H and O–H groups in total. The van der Waals surface area contributed by atoms with Gasteiger partial charge in [0, 0.05) is 8.95 Å². The first-order valence-corrected chi connectivity index (χ1v) is 7.16. The van der Waals surface area contributed by atoms with Gasteiger partial charge in [0.2, 0.25) is 5.91 Å². The van der Waals surface area contributed by atoms with Crippen molar-refractivity contribution in [2.45, 2.75) is 25.8 Å². The van der Waals surface area contributed by atoms with E-state index in [1.54, 1.807) is 0 Å². The summed E-state index contributed by atoms with van der Waals surface area (Å²) in [6.07, 6.45) is 1.97. The van der Waals surface area contributed by atoms with Gasteiger partial charge in [0.25, 0.3) is 0 Å². The predicted molar refractivity (Wildman–Crippen MR) is 76.2 cm³/mol. The highest BCUT2D eigenvalue weighted by atomic mass is 79.9. The Hall–Kier alpha value is -0.390. The minimum absolute atomic E-state index is 0.0350. The van der Waals surface area contributed by atoms with Gasteiger partial charge in [0.05, 0.1) is 11.7 Å². The van der Waals surface area contributed by atoms with Crippen LogP contribution in [0.25, 0.3) is 0 Å². The molecule has 17 heavy (non-hydrogen) atoms. The Morgan fingerprint density at radius 3 is 2.59 bits per heavy atom. The third-order valence-electron chi connectivity index (χ3n) is 2.81. The zero-order chi connectivity index (χ0) is 12.4. The van der Waals surface area contributed by atoms with Crippen LogP contribution in [0.15, 0.2) is 21.1 Å². The first-order chi connectivity index (χ1) is 8.08. The molecule has 1 aromatic carbocycles. The van der Waals surface area contributed by atoms with Crippen LogP contribution in [0.4, 0.5) is 5.69 Å². The van der Waals surface area contributed by atoms with Crippen LogP contribution >= 0.6 is 31.9 Å². The standard InChI is InChI=1S/C12H14Br2N2O/c1-7-5-8(13)11(9(14)6-7)16-12(17)10-3-2-4-15-10/h5-6,10,15H,2-4H2,1H3,(H,16,17). The van der Waals surface area contributed by atoms with Crippen LogP contribution in [-0.2, 0) is 4.79 Å². The second-order valence-corrected chi connectivity index (χ2v) is 5.95. The van der Waals surface area contributed by atoms with Gasteiger partial charge >= 0.3 is 0 Å². The monoisotopic (exact) mass is 360 g/mol. The van der Waals surface area contributed by atoms with E-state index in [1.807, 2.05) is 19.1 Å². The van der Waals surface area contributed by atoms with Crippen molar-refractivity contribution in [3.05, 3.63) is 26.6 Å². The van der Waals surface area contributed by atoms with Gasteiger partial charge in [-0.1, -0.05) is 0 Å². The van der Waals surface area contributed by atoms with Crippen LogP contribution in [0.1, 0.15) is 18.4 Å². The van der Waals surface area contributed by atoms with Crippen molar-refractivity contribution in [1.82, 2.24) is 5.32 Å². The molecule has 0 bridgehead atoms. The number of carbonyl (C=O) groups excluding carboxylic acids is 1. The molecule has 0 saturated carbocycles. The summed E-state index contributed by atoms with van der Waals surface area (Å²) in [5.74, 6) is 0.0350. The average Bonchev–Trinajstić information content (AvgIpc) is 2.76. The van der Waals surface area contributed by atoms with Crippen LogP contribution in [0, 0.1) is 6.92 Å². The highest BCUT2D eigenvalue weighted by molar-refractivity contribution is 9.11. The van der Waals surface area contributed by atoms with Crippen molar-refractivity contribution in [2.24, 2.45) is 0 Å². The van der Waals surface area contributed by atoms with Crippen LogP contribution in [0.5, 0.6) is 0 Å². The summed E-state index contributed by atoms with van der Waals surface area (Å²) in [4.78, 5) is 12.0. The molecule has 1 aliphatic rings. The number of carbonyl (C=O) groups is 1. The topological polar surface area (TPSA) is 41.1 Å². The van der Waals surface area contributed by atoms with E-state index in [0.29, 0.717) is 0 Å². The Morgan fingerprint density at radius 2 is 2.06 bits per heavy atom. The molecule has 2 rings (SSSR count). The molecule has 0 aromatic heterocycles. The second-order valence-electron chi connectivity index (χ2n) is 4.24. The lowest BCUT2D eigenvalue weighted by Gasteiger charge is -2.14. The van der Waals surface area contributed by atoms with Gasteiger partial charge in [-0.15, -0.1) is 0 Å². The van der Waals surface area contributed by atoms with E-state index in [4.69, 9.17) is 0 Å². The fourth-order valence-electron chi connectivity index (χ4n) is 1.94. The molecule has 1 aromatic rings. The molecule has 1 amide bonds. The van der Waals surface area contributed by atoms with Crippen LogP contribution < -0.4 is 10.6 Å². The third-order valence-corrected chi connectivity index (χ3v) is 4.06. The molecule has 0 spiro atoms. The quantitative estimate of drug-likeness (QED) is 0.849. The summed E-state index contributed by atoms with van der Waals surface area (Å²) in [5, 5.41) is 6.14. The van der Waals surface area contributed by atoms with Crippen LogP contribution in [0.2, 0.25) is 0 Å². The maximum atomic E-state index is 12.0. The first kappa shape index (κ1) is 13.1. The number of hydrogen-bond acceptors (Lipinski definition) is 2. The maximum Gasteiger partial charge on any atom is 0.241 e. The third kappa shape index (κ3) is 3.09. The number of nitrogens with one attached hydrogen (secondary N) is 2. The Balaban J connectivity index is 2.15. The molecule has 1 fully saturated rings. The molecule has 0 radical (unpaired) electrons. The van der Waals surface area contributed by atoms with Crippen LogP contribution in [0.3, 0.4) is 0 Å². The lowest BCUT2D eigenvalue weighted by atomic mass is 10.2. The van der Waals surface area contributed by atoms with Crippen molar-refractivity contribution in [2.75, 3.05) is 11.9 Å². The van der Waals surface area contributed by atoms with Crippen molar-refractivity contribution < 1.29 is 4.79 Å². The summed E-state index contributed by atoms with van der Waals surface area (Å²) in [6, 6.07) is 3.92. The zero-order valence-corrected chi connectivity index (χ0v) is 12.7. The molecule has 92 valence electrons. The number of aryl methyl sites for hydroxylation is 1. The molecule has 1 atom stereocenters. The second kappa shape index (κ2) is 5.50. The summed E-state index contributed by atoms with van der Waals surface area (Å²) < 4.78 is 1.80. The van der Waals surface area contributed by atoms with E-state index in [9.17, 15) is 4.79 Å². The maximum absolute atomic E-state index is 12.0. The molecule has 1 saturated heterocycles. The predicted octanol–water partition coefficient (Wildman–Crippen LogP) is 3.21. The van der Waals surface area contributed by atoms with Crippen molar-refractivity contribution in [3.8, 4) is 0 Å². The number of halogens is 2. The highest BCUT2D eigenvalue weighted by Gasteiger charge is 2.23. The minimum Gasteiger partial charge on any atom is -0.323 e. The van der Waals surface area contributed by atoms with Crippen molar-refractivity contribution in [3.63, 3.8) is 0 Å². The summed E-state index contributed by atoms with van der Waals surface area (Å²) in [6.45, 7) is 2.94. The van der Waals surface area contributed by atoms with Crippen LogP contribution in [-0.4, -0.2) is 18.5 Å². The van der Waals surface area contributed by atoms with Gasteiger partial charge in [-0.05, 0) is 75.9 Å². The molecule has 1 heterocycles. The Morgan fingerprint density at radius 1 is 1.41 bits per heavy atom. The van der Waals surface area contributed by atoms with E-state index < -0.39 is 0 Å². The molecule has 1 aliphatic heterocycles. The van der Waals surface area contributed by atoms with Gasteiger partial charge in [0.1, 0.15) is 0 Å². The van der Waals surface area contributed by atoms with Gasteiger partial charge in [-0.2, -0.15) is 0 Å². The smallest absolute Gasteiger partial charge is 0.241 e. The molecule has 5 heteroatoms. The van der Waals surface area contributed by atoms with Crippen molar-refractivity contribution in [1.29, 1.82) is 0 Å². The fourth-order valence-corrected chi connectivity index (χ4v) is 3.55. The van der Waals surface area contributed by atoms with E-state index in [-0.39, 0.29) is 11.9 Å². The average molecular weight is 362 g/mol. The van der Waals surface area contributed by atoms with Gasteiger partial charge in [-0.3, -0.25) is 4.79 Å². The highest BCUT2D eigenvalue weighted by Crippen LogP contribution is 2.32. The molecule has 3 nitrogen and oxygen atoms in total. The Kier molecular flexibility index (Phi) is 4.22. The van der Waals surface area contributed by atoms with Gasteiger partial charge in [0.15, 0.2) is 0 Å². The number of hydrogen-bond donors (Lipinski definition) is 2. The van der Waals surface area contributed by atoms with Gasteiger partial charge < -0.3 is 10.6 Å². The minimum atomic E-state index is -0.0601. The molecular weight excluding hydrogens is 348 g/mol. The SMILES string of the molecule is Cc1cc(Br)c(NC(=O)C2CCCN2)c(Br)c1.